The lowest BCUT2D eigenvalue weighted by atomic mass is 10.1. The molecule has 1 aliphatic carbocycles. The minimum Gasteiger partial charge on any atom is -0.238 e. The van der Waals surface area contributed by atoms with Gasteiger partial charge in [0.25, 0.3) is 0 Å². The molecule has 0 aromatic heterocycles. The van der Waals surface area contributed by atoms with E-state index < -0.39 is 12.3 Å². The summed E-state index contributed by atoms with van der Waals surface area (Å²) in [7, 11) is 0. The lowest BCUT2D eigenvalue weighted by molar-refractivity contribution is 0.208. The maximum Gasteiger partial charge on any atom is 0.173 e. The molecule has 1 aliphatic rings. The van der Waals surface area contributed by atoms with Gasteiger partial charge < -0.3 is 0 Å². The maximum absolute atomic E-state index is 11.9. The fourth-order valence-electron chi connectivity index (χ4n) is 0.424. The number of hydrogen-bond acceptors (Lipinski definition) is 0. The van der Waals surface area contributed by atoms with Crippen LogP contribution in [0.2, 0.25) is 0 Å². The highest BCUT2D eigenvalue weighted by atomic mass is 35.5. The molecule has 0 saturated heterocycles. The van der Waals surface area contributed by atoms with E-state index in [0.29, 0.717) is 0 Å². The van der Waals surface area contributed by atoms with Gasteiger partial charge in [0.15, 0.2) is 12.3 Å². The second-order valence-corrected chi connectivity index (χ2v) is 2.31. The van der Waals surface area contributed by atoms with Crippen LogP contribution in [0, 0.1) is 0 Å². The van der Waals surface area contributed by atoms with Crippen molar-refractivity contribution in [3.05, 3.63) is 10.1 Å². The molecule has 0 bridgehead atoms. The monoisotopic (exact) mass is 158 g/mol. The van der Waals surface area contributed by atoms with Crippen molar-refractivity contribution < 1.29 is 8.78 Å². The van der Waals surface area contributed by atoms with Crippen molar-refractivity contribution in [1.82, 2.24) is 0 Å². The number of allylic oxidation sites excluding steroid dienone is 2. The van der Waals surface area contributed by atoms with Crippen LogP contribution in [0.5, 0.6) is 0 Å². The Kier molecular flexibility index (Phi) is 1.46. The predicted octanol–water partition coefficient (Wildman–Crippen LogP) is 2.37. The molecule has 2 atom stereocenters. The lowest BCUT2D eigenvalue weighted by Gasteiger charge is -2.22. The van der Waals surface area contributed by atoms with E-state index in [1.807, 2.05) is 0 Å². The highest BCUT2D eigenvalue weighted by Crippen LogP contribution is 2.39. The second-order valence-electron chi connectivity index (χ2n) is 1.50. The molecule has 0 saturated carbocycles. The molecule has 0 N–H and O–H groups in total. The molecular formula is C4H2Cl2F2. The van der Waals surface area contributed by atoms with Crippen LogP contribution in [-0.4, -0.2) is 12.3 Å². The summed E-state index contributed by atoms with van der Waals surface area (Å²) < 4.78 is 23.8. The first-order valence-corrected chi connectivity index (χ1v) is 2.73. The maximum atomic E-state index is 11.9. The average Bonchev–Trinajstić information content (AvgIpc) is 1.83. The van der Waals surface area contributed by atoms with Gasteiger partial charge in [0.05, 0.1) is 10.1 Å². The summed E-state index contributed by atoms with van der Waals surface area (Å²) in [6, 6.07) is 0. The largest absolute Gasteiger partial charge is 0.238 e. The Morgan fingerprint density at radius 2 is 1.25 bits per heavy atom. The molecule has 46 valence electrons. The first kappa shape index (κ1) is 6.30. The molecule has 0 radical (unpaired) electrons. The van der Waals surface area contributed by atoms with Crippen LogP contribution < -0.4 is 0 Å². The molecule has 4 heteroatoms. The Labute approximate surface area is 55.1 Å². The fourth-order valence-corrected chi connectivity index (χ4v) is 0.854. The highest BCUT2D eigenvalue weighted by Gasteiger charge is 2.39. The van der Waals surface area contributed by atoms with Crippen LogP contribution in [-0.2, 0) is 0 Å². The van der Waals surface area contributed by atoms with Crippen molar-refractivity contribution in [3.8, 4) is 0 Å². The summed E-state index contributed by atoms with van der Waals surface area (Å²) >= 11 is 10.2. The van der Waals surface area contributed by atoms with Crippen molar-refractivity contribution in [2.45, 2.75) is 12.3 Å². The quantitative estimate of drug-likeness (QED) is 0.508. The molecule has 0 aromatic carbocycles. The van der Waals surface area contributed by atoms with Crippen molar-refractivity contribution in [1.29, 1.82) is 0 Å². The van der Waals surface area contributed by atoms with Crippen LogP contribution in [0.1, 0.15) is 0 Å². The minimum absolute atomic E-state index is 0.195. The summed E-state index contributed by atoms with van der Waals surface area (Å²) in [5.74, 6) is 0. The van der Waals surface area contributed by atoms with Crippen LogP contribution in [0.4, 0.5) is 8.78 Å². The van der Waals surface area contributed by atoms with E-state index in [1.165, 1.54) is 0 Å². The van der Waals surface area contributed by atoms with Crippen LogP contribution in [0.25, 0.3) is 0 Å². The first-order chi connectivity index (χ1) is 3.64. The second kappa shape index (κ2) is 1.85. The van der Waals surface area contributed by atoms with Crippen molar-refractivity contribution in [2.75, 3.05) is 0 Å². The SMILES string of the molecule is FC1C(Cl)=C(Cl)C1F. The Morgan fingerprint density at radius 1 is 1.00 bits per heavy atom. The Morgan fingerprint density at radius 3 is 1.38 bits per heavy atom. The van der Waals surface area contributed by atoms with Gasteiger partial charge in [0, 0.05) is 0 Å². The molecule has 0 amide bonds. The molecule has 0 nitrogen and oxygen atoms in total. The topological polar surface area (TPSA) is 0 Å². The molecular weight excluding hydrogens is 157 g/mol. The first-order valence-electron chi connectivity index (χ1n) is 1.98. The van der Waals surface area contributed by atoms with E-state index in [9.17, 15) is 8.78 Å². The lowest BCUT2D eigenvalue weighted by Crippen LogP contribution is -2.29. The highest BCUT2D eigenvalue weighted by molar-refractivity contribution is 6.41. The molecule has 0 fully saturated rings. The molecule has 0 spiro atoms. The zero-order chi connectivity index (χ0) is 6.31. The molecule has 0 aromatic rings. The Balaban J connectivity index is 2.74. The zero-order valence-corrected chi connectivity index (χ0v) is 5.18. The van der Waals surface area contributed by atoms with E-state index in [0.717, 1.165) is 0 Å². The van der Waals surface area contributed by atoms with Gasteiger partial charge in [0.1, 0.15) is 0 Å². The van der Waals surface area contributed by atoms with E-state index in [-0.39, 0.29) is 10.1 Å². The van der Waals surface area contributed by atoms with E-state index in [2.05, 4.69) is 0 Å². The van der Waals surface area contributed by atoms with Crippen LogP contribution in [0.3, 0.4) is 0 Å². The van der Waals surface area contributed by atoms with Gasteiger partial charge in [0.2, 0.25) is 0 Å². The third-order valence-electron chi connectivity index (χ3n) is 0.969. The number of rotatable bonds is 0. The number of halogens is 4. The van der Waals surface area contributed by atoms with Crippen LogP contribution >= 0.6 is 23.2 Å². The Hall–Kier alpha value is 0.180. The molecule has 8 heavy (non-hydrogen) atoms. The van der Waals surface area contributed by atoms with Crippen molar-refractivity contribution in [3.63, 3.8) is 0 Å². The van der Waals surface area contributed by atoms with Gasteiger partial charge in [-0.1, -0.05) is 23.2 Å². The smallest absolute Gasteiger partial charge is 0.173 e. The summed E-state index contributed by atoms with van der Waals surface area (Å²) in [5, 5.41) is -0.390. The van der Waals surface area contributed by atoms with E-state index >= 15 is 0 Å². The molecule has 1 rings (SSSR count). The molecule has 0 heterocycles. The number of hydrogen-bond donors (Lipinski definition) is 0. The Bertz CT molecular complexity index is 127. The third-order valence-corrected chi connectivity index (χ3v) is 1.89. The fraction of sp³-hybridized carbons (Fsp3) is 0.500. The third kappa shape index (κ3) is 0.633. The van der Waals surface area contributed by atoms with Crippen molar-refractivity contribution >= 4 is 23.2 Å². The summed E-state index contributed by atoms with van der Waals surface area (Å²) in [6.07, 6.45) is -3.35. The van der Waals surface area contributed by atoms with Gasteiger partial charge >= 0.3 is 0 Å². The van der Waals surface area contributed by atoms with Gasteiger partial charge in [-0.05, 0) is 0 Å². The molecule has 2 unspecified atom stereocenters. The number of alkyl halides is 2. The molecule has 0 aliphatic heterocycles. The van der Waals surface area contributed by atoms with Gasteiger partial charge in [-0.15, -0.1) is 0 Å². The van der Waals surface area contributed by atoms with Gasteiger partial charge in [-0.2, -0.15) is 0 Å². The standard InChI is InChI=1S/C4H2Cl2F2/c5-1-2(6)4(8)3(1)7/h3-4H. The zero-order valence-electron chi connectivity index (χ0n) is 3.67. The van der Waals surface area contributed by atoms with Crippen molar-refractivity contribution in [2.24, 2.45) is 0 Å². The predicted molar refractivity (Wildman–Crippen MR) is 28.5 cm³/mol. The summed E-state index contributed by atoms with van der Waals surface area (Å²) in [6.45, 7) is 0. The van der Waals surface area contributed by atoms with Gasteiger partial charge in [-0.25, -0.2) is 8.78 Å². The average molecular weight is 159 g/mol. The van der Waals surface area contributed by atoms with Gasteiger partial charge in [-0.3, -0.25) is 0 Å². The normalized spacial score (nSPS) is 37.5. The van der Waals surface area contributed by atoms with E-state index in [4.69, 9.17) is 23.2 Å². The minimum atomic E-state index is -1.68. The van der Waals surface area contributed by atoms with Crippen LogP contribution in [0.15, 0.2) is 10.1 Å². The van der Waals surface area contributed by atoms with E-state index in [1.54, 1.807) is 0 Å². The summed E-state index contributed by atoms with van der Waals surface area (Å²) in [5.41, 5.74) is 0. The summed E-state index contributed by atoms with van der Waals surface area (Å²) in [4.78, 5) is 0.